The van der Waals surface area contributed by atoms with Gasteiger partial charge in [0.15, 0.2) is 5.82 Å². The third kappa shape index (κ3) is 3.53. The molecule has 0 aliphatic carbocycles. The van der Waals surface area contributed by atoms with Gasteiger partial charge in [0, 0.05) is 30.1 Å². The van der Waals surface area contributed by atoms with Gasteiger partial charge in [-0.25, -0.2) is 0 Å². The molecule has 0 saturated heterocycles. The second-order valence-corrected chi connectivity index (χ2v) is 8.85. The molecule has 5 rings (SSSR count). The van der Waals surface area contributed by atoms with Crippen LogP contribution in [0, 0.1) is 0 Å². The van der Waals surface area contributed by atoms with Gasteiger partial charge in [-0.1, -0.05) is 23.2 Å². The summed E-state index contributed by atoms with van der Waals surface area (Å²) in [4.78, 5) is 31.4. The highest BCUT2D eigenvalue weighted by Crippen LogP contribution is 2.31. The number of halogens is 2. The zero-order chi connectivity index (χ0) is 22.6. The van der Waals surface area contributed by atoms with E-state index in [1.165, 1.54) is 4.80 Å². The van der Waals surface area contributed by atoms with E-state index >= 15 is 0 Å². The summed E-state index contributed by atoms with van der Waals surface area (Å²) in [5.41, 5.74) is 2.63. The van der Waals surface area contributed by atoms with Crippen molar-refractivity contribution in [2.45, 2.75) is 39.0 Å². The van der Waals surface area contributed by atoms with Gasteiger partial charge in [-0.3, -0.25) is 14.3 Å². The number of aromatic nitrogens is 6. The van der Waals surface area contributed by atoms with Crippen LogP contribution in [0.2, 0.25) is 10.0 Å². The Hall–Kier alpha value is -2.98. The number of hydrogen-bond donors (Lipinski definition) is 0. The highest BCUT2D eigenvalue weighted by atomic mass is 35.5. The van der Waals surface area contributed by atoms with Crippen LogP contribution in [0.4, 0.5) is 0 Å². The largest absolute Gasteiger partial charge is 0.331 e. The van der Waals surface area contributed by atoms with Crippen molar-refractivity contribution < 1.29 is 9.59 Å². The van der Waals surface area contributed by atoms with Crippen LogP contribution in [0.5, 0.6) is 0 Å². The Balaban J connectivity index is 1.43. The predicted octanol–water partition coefficient (Wildman–Crippen LogP) is 1.96. The molecule has 166 valence electrons. The number of rotatable bonds is 3. The van der Waals surface area contributed by atoms with Gasteiger partial charge in [0.1, 0.15) is 5.69 Å². The van der Waals surface area contributed by atoms with E-state index < -0.39 is 0 Å². The van der Waals surface area contributed by atoms with Crippen LogP contribution in [0.25, 0.3) is 0 Å². The zero-order valence-electron chi connectivity index (χ0n) is 17.5. The first kappa shape index (κ1) is 20.9. The molecule has 0 fully saturated rings. The van der Waals surface area contributed by atoms with Crippen molar-refractivity contribution >= 4 is 35.0 Å². The van der Waals surface area contributed by atoms with Gasteiger partial charge in [0.25, 0.3) is 11.8 Å². The van der Waals surface area contributed by atoms with Crippen LogP contribution in [-0.2, 0) is 33.1 Å². The van der Waals surface area contributed by atoms with Crippen molar-refractivity contribution in [2.24, 2.45) is 7.05 Å². The topological polar surface area (TPSA) is 102 Å². The lowest BCUT2D eigenvalue weighted by atomic mass is 9.97. The Labute approximate surface area is 193 Å². The second-order valence-electron chi connectivity index (χ2n) is 8.03. The fourth-order valence-electron chi connectivity index (χ4n) is 4.24. The van der Waals surface area contributed by atoms with Gasteiger partial charge in [0.2, 0.25) is 0 Å². The van der Waals surface area contributed by atoms with E-state index in [0.717, 1.165) is 11.3 Å². The first-order chi connectivity index (χ1) is 15.3. The summed E-state index contributed by atoms with van der Waals surface area (Å²) in [5, 5.41) is 17.4. The molecule has 12 heteroatoms. The number of carbonyl (C=O) groups excluding carboxylic acids is 2. The summed E-state index contributed by atoms with van der Waals surface area (Å²) in [6.07, 6.45) is 0.571. The van der Waals surface area contributed by atoms with Crippen molar-refractivity contribution in [2.75, 3.05) is 6.54 Å². The fraction of sp³-hybridized carbons (Fsp3) is 0.400. The van der Waals surface area contributed by atoms with Crippen LogP contribution in [0.3, 0.4) is 0 Å². The Morgan fingerprint density at radius 2 is 2.00 bits per heavy atom. The Morgan fingerprint density at radius 3 is 2.72 bits per heavy atom. The SMILES string of the molecule is C[C@@H]1Cc2nn3c(c2CN1C(=O)c1ccc(Cl)c(Cl)c1)C(=O)N(Cc1nnn(C)n1)CC3. The summed E-state index contributed by atoms with van der Waals surface area (Å²) in [6, 6.07) is 4.77. The molecule has 1 aromatic carbocycles. The molecule has 2 aromatic heterocycles. The Kier molecular flexibility index (Phi) is 5.13. The van der Waals surface area contributed by atoms with E-state index in [-0.39, 0.29) is 24.4 Å². The standard InChI is InChI=1S/C20H20Cl2N8O2/c1-11-7-16-13(9-29(11)19(31)12-3-4-14(21)15(22)8-12)18-20(32)28(5-6-30(18)24-16)10-17-23-26-27(2)25-17/h3-4,8,11H,5-7,9-10H2,1-2H3/t11-/m1/s1. The summed E-state index contributed by atoms with van der Waals surface area (Å²) < 4.78 is 1.76. The van der Waals surface area contributed by atoms with E-state index in [9.17, 15) is 9.59 Å². The molecule has 2 amide bonds. The summed E-state index contributed by atoms with van der Waals surface area (Å²) in [5.74, 6) is 0.173. The molecule has 0 radical (unpaired) electrons. The van der Waals surface area contributed by atoms with E-state index in [2.05, 4.69) is 20.5 Å². The quantitative estimate of drug-likeness (QED) is 0.574. The van der Waals surface area contributed by atoms with Crippen molar-refractivity contribution in [1.29, 1.82) is 0 Å². The Morgan fingerprint density at radius 1 is 1.19 bits per heavy atom. The highest BCUT2D eigenvalue weighted by Gasteiger charge is 2.37. The first-order valence-electron chi connectivity index (χ1n) is 10.2. The molecule has 32 heavy (non-hydrogen) atoms. The van der Waals surface area contributed by atoms with Crippen LogP contribution in [-0.4, -0.2) is 64.2 Å². The third-order valence-electron chi connectivity index (χ3n) is 5.86. The van der Waals surface area contributed by atoms with Gasteiger partial charge in [-0.2, -0.15) is 9.90 Å². The van der Waals surface area contributed by atoms with Gasteiger partial charge >= 0.3 is 0 Å². The molecule has 0 unspecified atom stereocenters. The van der Waals surface area contributed by atoms with E-state index in [4.69, 9.17) is 23.2 Å². The Bertz CT molecular complexity index is 1240. The minimum absolute atomic E-state index is 0.0728. The lowest BCUT2D eigenvalue weighted by Crippen LogP contribution is -2.44. The summed E-state index contributed by atoms with van der Waals surface area (Å²) in [6.45, 7) is 3.63. The second kappa shape index (κ2) is 7.86. The van der Waals surface area contributed by atoms with E-state index in [0.29, 0.717) is 53.2 Å². The van der Waals surface area contributed by atoms with Crippen molar-refractivity contribution in [1.82, 2.24) is 39.8 Å². The van der Waals surface area contributed by atoms with Crippen LogP contribution < -0.4 is 0 Å². The number of amides is 2. The average Bonchev–Trinajstić information content (AvgIpc) is 3.33. The molecule has 1 atom stereocenters. The molecule has 4 heterocycles. The number of fused-ring (bicyclic) bond motifs is 3. The molecule has 0 N–H and O–H groups in total. The number of tetrazole rings is 1. The number of carbonyl (C=O) groups is 2. The molecule has 0 spiro atoms. The monoisotopic (exact) mass is 474 g/mol. The molecule has 10 nitrogen and oxygen atoms in total. The lowest BCUT2D eigenvalue weighted by Gasteiger charge is -2.34. The van der Waals surface area contributed by atoms with Crippen molar-refractivity contribution in [3.63, 3.8) is 0 Å². The molecule has 3 aromatic rings. The maximum Gasteiger partial charge on any atom is 0.272 e. The maximum absolute atomic E-state index is 13.3. The van der Waals surface area contributed by atoms with Gasteiger partial charge in [-0.15, -0.1) is 10.2 Å². The maximum atomic E-state index is 13.3. The number of hydrogen-bond acceptors (Lipinski definition) is 6. The minimum Gasteiger partial charge on any atom is -0.331 e. The van der Waals surface area contributed by atoms with Crippen molar-refractivity contribution in [3.8, 4) is 0 Å². The average molecular weight is 475 g/mol. The smallest absolute Gasteiger partial charge is 0.272 e. The third-order valence-corrected chi connectivity index (χ3v) is 6.60. The number of nitrogens with zero attached hydrogens (tertiary/aromatic N) is 8. The van der Waals surface area contributed by atoms with Gasteiger partial charge < -0.3 is 9.80 Å². The number of benzene rings is 1. The molecule has 0 bridgehead atoms. The first-order valence-corrected chi connectivity index (χ1v) is 10.9. The van der Waals surface area contributed by atoms with Gasteiger partial charge in [-0.05, 0) is 30.3 Å². The predicted molar refractivity (Wildman–Crippen MR) is 115 cm³/mol. The highest BCUT2D eigenvalue weighted by molar-refractivity contribution is 6.42. The normalized spacial score (nSPS) is 18.0. The summed E-state index contributed by atoms with van der Waals surface area (Å²) >= 11 is 12.1. The fourth-order valence-corrected chi connectivity index (χ4v) is 4.54. The molecule has 2 aliphatic rings. The summed E-state index contributed by atoms with van der Waals surface area (Å²) in [7, 11) is 1.68. The lowest BCUT2D eigenvalue weighted by molar-refractivity contribution is 0.0635. The van der Waals surface area contributed by atoms with Crippen LogP contribution in [0.1, 0.15) is 44.9 Å². The molecule has 0 saturated carbocycles. The van der Waals surface area contributed by atoms with E-state index in [1.54, 1.807) is 39.7 Å². The van der Waals surface area contributed by atoms with Gasteiger partial charge in [0.05, 0.1) is 42.4 Å². The molecule has 2 aliphatic heterocycles. The molecular weight excluding hydrogens is 455 g/mol. The van der Waals surface area contributed by atoms with Crippen molar-refractivity contribution in [3.05, 3.63) is 56.6 Å². The minimum atomic E-state index is -0.162. The van der Waals surface area contributed by atoms with Crippen LogP contribution in [0.15, 0.2) is 18.2 Å². The molecular formula is C20H20Cl2N8O2. The zero-order valence-corrected chi connectivity index (χ0v) is 19.0. The number of aryl methyl sites for hydroxylation is 1. The van der Waals surface area contributed by atoms with E-state index in [1.807, 2.05) is 6.92 Å². The van der Waals surface area contributed by atoms with Crippen LogP contribution >= 0.6 is 23.2 Å².